The lowest BCUT2D eigenvalue weighted by molar-refractivity contribution is -0.161. The first-order chi connectivity index (χ1) is 25.7. The number of ether oxygens (including phenoxy) is 2. The van der Waals surface area contributed by atoms with E-state index in [0.717, 1.165) is 64.2 Å². The van der Waals surface area contributed by atoms with Crippen LogP contribution in [0, 0.1) is 0 Å². The van der Waals surface area contributed by atoms with E-state index >= 15 is 0 Å². The normalized spacial score (nSPS) is 13.8. The summed E-state index contributed by atoms with van der Waals surface area (Å²) in [5, 5.41) is 9.70. The van der Waals surface area contributed by atoms with Gasteiger partial charge >= 0.3 is 19.8 Å². The molecule has 0 spiro atoms. The van der Waals surface area contributed by atoms with Crippen molar-refractivity contribution in [3.05, 3.63) is 72.9 Å². The van der Waals surface area contributed by atoms with Crippen molar-refractivity contribution in [1.82, 2.24) is 0 Å². The number of hydrogen-bond donors (Lipinski definition) is 3. The molecule has 9 nitrogen and oxygen atoms in total. The smallest absolute Gasteiger partial charge is 0.462 e. The Morgan fingerprint density at radius 1 is 0.566 bits per heavy atom. The van der Waals surface area contributed by atoms with Gasteiger partial charge in [-0.3, -0.25) is 14.1 Å². The molecule has 3 N–H and O–H groups in total. The van der Waals surface area contributed by atoms with E-state index in [0.29, 0.717) is 25.7 Å². The Balaban J connectivity index is 4.08. The van der Waals surface area contributed by atoms with Crippen molar-refractivity contribution in [2.24, 2.45) is 0 Å². The Morgan fingerprint density at radius 3 is 1.58 bits per heavy atom. The quantitative estimate of drug-likeness (QED) is 0.0246. The third-order valence-electron chi connectivity index (χ3n) is 8.25. The monoisotopic (exact) mass is 764 g/mol. The van der Waals surface area contributed by atoms with Crippen LogP contribution in [-0.4, -0.2) is 52.3 Å². The van der Waals surface area contributed by atoms with E-state index in [9.17, 15) is 19.3 Å². The number of carbonyl (C=O) groups is 2. The first-order valence-corrected chi connectivity index (χ1v) is 21.8. The Labute approximate surface area is 322 Å². The predicted molar refractivity (Wildman–Crippen MR) is 217 cm³/mol. The number of unbranched alkanes of at least 4 members (excludes halogenated alkanes) is 11. The molecule has 0 fully saturated rings. The first kappa shape index (κ1) is 50.5. The van der Waals surface area contributed by atoms with Crippen molar-refractivity contribution in [1.29, 1.82) is 0 Å². The molecule has 0 radical (unpaired) electrons. The minimum Gasteiger partial charge on any atom is -0.462 e. The molecule has 53 heavy (non-hydrogen) atoms. The number of esters is 2. The SMILES string of the molecule is CCCCC/C=C\C/C=C\CCCCCCCCCC(=O)OC[C@H](COP(=O)(O)O)OC(=O)CCC/C=C\C/C=C\C/C=C\C/C=C\CC(O)CCC. The molecule has 0 aromatic heterocycles. The van der Waals surface area contributed by atoms with Gasteiger partial charge in [0.25, 0.3) is 0 Å². The average molecular weight is 765 g/mol. The fourth-order valence-electron chi connectivity index (χ4n) is 5.23. The van der Waals surface area contributed by atoms with Crippen LogP contribution in [0.4, 0.5) is 0 Å². The lowest BCUT2D eigenvalue weighted by Gasteiger charge is -2.18. The van der Waals surface area contributed by atoms with E-state index in [4.69, 9.17) is 19.3 Å². The van der Waals surface area contributed by atoms with Crippen LogP contribution in [0.3, 0.4) is 0 Å². The maximum Gasteiger partial charge on any atom is 0.469 e. The maximum atomic E-state index is 12.4. The number of aliphatic hydroxyl groups is 1. The van der Waals surface area contributed by atoms with Crippen LogP contribution in [0.5, 0.6) is 0 Å². The third-order valence-corrected chi connectivity index (χ3v) is 8.74. The van der Waals surface area contributed by atoms with E-state index < -0.39 is 32.5 Å². The van der Waals surface area contributed by atoms with Crippen LogP contribution >= 0.6 is 7.82 Å². The minimum absolute atomic E-state index is 0.116. The molecule has 0 saturated carbocycles. The van der Waals surface area contributed by atoms with Gasteiger partial charge in [-0.25, -0.2) is 4.57 Å². The van der Waals surface area contributed by atoms with E-state index in [1.54, 1.807) is 0 Å². The van der Waals surface area contributed by atoms with Gasteiger partial charge in [-0.05, 0) is 83.5 Å². The molecule has 304 valence electrons. The van der Waals surface area contributed by atoms with Crippen LogP contribution in [0.2, 0.25) is 0 Å². The highest BCUT2D eigenvalue weighted by atomic mass is 31.2. The lowest BCUT2D eigenvalue weighted by Crippen LogP contribution is -2.29. The molecule has 0 aliphatic rings. The van der Waals surface area contributed by atoms with Gasteiger partial charge in [-0.1, -0.05) is 138 Å². The third kappa shape index (κ3) is 40.5. The zero-order valence-electron chi connectivity index (χ0n) is 33.0. The van der Waals surface area contributed by atoms with Crippen molar-refractivity contribution in [3.63, 3.8) is 0 Å². The number of phosphoric acid groups is 1. The van der Waals surface area contributed by atoms with Crippen LogP contribution in [0.25, 0.3) is 0 Å². The second kappa shape index (κ2) is 37.8. The summed E-state index contributed by atoms with van der Waals surface area (Å²) in [5.74, 6) is -0.986. The average Bonchev–Trinajstić information content (AvgIpc) is 3.12. The van der Waals surface area contributed by atoms with Crippen molar-refractivity contribution in [2.75, 3.05) is 13.2 Å². The Hall–Kier alpha value is -2.55. The van der Waals surface area contributed by atoms with Crippen LogP contribution < -0.4 is 0 Å². The summed E-state index contributed by atoms with van der Waals surface area (Å²) in [7, 11) is -4.78. The van der Waals surface area contributed by atoms with Gasteiger partial charge in [-0.15, -0.1) is 0 Å². The van der Waals surface area contributed by atoms with E-state index in [-0.39, 0.29) is 25.6 Å². The molecule has 0 aliphatic carbocycles. The summed E-state index contributed by atoms with van der Waals surface area (Å²) in [6, 6.07) is 0. The molecule has 0 bridgehead atoms. The lowest BCUT2D eigenvalue weighted by atomic mass is 10.1. The number of rotatable bonds is 36. The fourth-order valence-corrected chi connectivity index (χ4v) is 5.59. The molecule has 10 heteroatoms. The topological polar surface area (TPSA) is 140 Å². The molecule has 0 rings (SSSR count). The number of phosphoric ester groups is 1. The van der Waals surface area contributed by atoms with E-state index in [2.05, 4.69) is 73.1 Å². The molecule has 0 aromatic rings. The molecular weight excluding hydrogens is 691 g/mol. The van der Waals surface area contributed by atoms with Gasteiger partial charge in [0.15, 0.2) is 6.10 Å². The van der Waals surface area contributed by atoms with Gasteiger partial charge in [0.05, 0.1) is 12.7 Å². The van der Waals surface area contributed by atoms with Crippen molar-refractivity contribution < 1.29 is 43.0 Å². The maximum absolute atomic E-state index is 12.4. The summed E-state index contributed by atoms with van der Waals surface area (Å²) in [5.41, 5.74) is 0. The molecular formula is C43H73O9P. The molecule has 0 amide bonds. The molecule has 0 aliphatic heterocycles. The van der Waals surface area contributed by atoms with Crippen LogP contribution in [-0.2, 0) is 28.2 Å². The highest BCUT2D eigenvalue weighted by molar-refractivity contribution is 7.46. The van der Waals surface area contributed by atoms with Crippen molar-refractivity contribution in [3.8, 4) is 0 Å². The zero-order valence-corrected chi connectivity index (χ0v) is 33.9. The molecule has 0 saturated heterocycles. The predicted octanol–water partition coefficient (Wildman–Crippen LogP) is 11.3. The fraction of sp³-hybridized carbons (Fsp3) is 0.674. The van der Waals surface area contributed by atoms with Gasteiger partial charge in [0.2, 0.25) is 0 Å². The second-order valence-electron chi connectivity index (χ2n) is 13.4. The molecule has 2 atom stereocenters. The van der Waals surface area contributed by atoms with Gasteiger partial charge in [-0.2, -0.15) is 0 Å². The largest absolute Gasteiger partial charge is 0.469 e. The number of aliphatic hydroxyl groups excluding tert-OH is 1. The van der Waals surface area contributed by atoms with Crippen LogP contribution in [0.15, 0.2) is 72.9 Å². The summed E-state index contributed by atoms with van der Waals surface area (Å²) in [4.78, 5) is 42.8. The Morgan fingerprint density at radius 2 is 1.04 bits per heavy atom. The highest BCUT2D eigenvalue weighted by Gasteiger charge is 2.22. The first-order valence-electron chi connectivity index (χ1n) is 20.3. The van der Waals surface area contributed by atoms with Gasteiger partial charge in [0, 0.05) is 12.8 Å². The van der Waals surface area contributed by atoms with Gasteiger partial charge < -0.3 is 24.4 Å². The number of allylic oxidation sites excluding steroid dienone is 11. The summed E-state index contributed by atoms with van der Waals surface area (Å²) in [6.45, 7) is 3.40. The van der Waals surface area contributed by atoms with Crippen molar-refractivity contribution in [2.45, 2.75) is 174 Å². The highest BCUT2D eigenvalue weighted by Crippen LogP contribution is 2.36. The number of hydrogen-bond acceptors (Lipinski definition) is 7. The second-order valence-corrected chi connectivity index (χ2v) is 14.7. The van der Waals surface area contributed by atoms with E-state index in [1.807, 2.05) is 18.2 Å². The molecule has 1 unspecified atom stereocenters. The molecule has 0 aromatic carbocycles. The van der Waals surface area contributed by atoms with E-state index in [1.165, 1.54) is 44.9 Å². The summed E-state index contributed by atoms with van der Waals surface area (Å²) < 4.78 is 26.3. The standard InChI is InChI=1S/C43H73O9P/c1-3-5-6-7-8-9-10-11-12-13-14-17-20-23-26-29-32-36-42(45)50-38-41(39-51-53(47,48)49)52-43(46)37-33-30-27-24-21-18-15-16-19-22-25-28-31-35-40(44)34-4-2/h8-9,11-12,15,18-19,22,24,27-28,31,40-41,44H,3-7,10,13-14,16-17,20-21,23,25-26,29-30,32-39H2,1-2H3,(H2,47,48,49)/b9-8-,12-11-,18-15-,22-19-,27-24-,31-28-/t40?,41-/m1/s1. The zero-order chi connectivity index (χ0) is 39.1. The number of carbonyl (C=O) groups excluding carboxylic acids is 2. The van der Waals surface area contributed by atoms with Crippen molar-refractivity contribution >= 4 is 19.8 Å². The van der Waals surface area contributed by atoms with Gasteiger partial charge in [0.1, 0.15) is 6.61 Å². The Kier molecular flexibility index (Phi) is 35.9. The minimum atomic E-state index is -4.78. The summed E-state index contributed by atoms with van der Waals surface area (Å²) >= 11 is 0. The summed E-state index contributed by atoms with van der Waals surface area (Å²) in [6.07, 6.45) is 45.4. The Bertz CT molecular complexity index is 1100. The molecule has 0 heterocycles. The van der Waals surface area contributed by atoms with Crippen LogP contribution in [0.1, 0.15) is 162 Å².